The molecule has 0 aromatic rings. The summed E-state index contributed by atoms with van der Waals surface area (Å²) in [5, 5.41) is 0. The molecule has 7 heavy (non-hydrogen) atoms. The van der Waals surface area contributed by atoms with Gasteiger partial charge in [0, 0.05) is 0 Å². The molecule has 0 aromatic carbocycles. The molecule has 0 fully saturated rings. The van der Waals surface area contributed by atoms with Gasteiger partial charge in [0.2, 0.25) is 0 Å². The molecule has 0 aliphatic carbocycles. The van der Waals surface area contributed by atoms with E-state index in [1.165, 1.54) is 12.0 Å². The molecular formula is C5H7ClF. The van der Waals surface area contributed by atoms with Gasteiger partial charge in [0.05, 0.1) is 12.2 Å². The van der Waals surface area contributed by atoms with Gasteiger partial charge in [-0.25, -0.2) is 4.39 Å². The first-order valence-electron chi connectivity index (χ1n) is 2.09. The smallest absolute Gasteiger partial charge is 0.0827 e. The van der Waals surface area contributed by atoms with Gasteiger partial charge in [-0.1, -0.05) is 6.08 Å². The van der Waals surface area contributed by atoms with Gasteiger partial charge in [0.1, 0.15) is 0 Å². The zero-order chi connectivity index (χ0) is 5.54. The van der Waals surface area contributed by atoms with Gasteiger partial charge in [0.15, 0.2) is 0 Å². The summed E-state index contributed by atoms with van der Waals surface area (Å²) in [4.78, 5) is 0. The van der Waals surface area contributed by atoms with E-state index in [2.05, 4.69) is 0 Å². The van der Waals surface area contributed by atoms with Crippen molar-refractivity contribution in [3.8, 4) is 0 Å². The van der Waals surface area contributed by atoms with Crippen molar-refractivity contribution in [3.05, 3.63) is 18.3 Å². The molecule has 0 amide bonds. The summed E-state index contributed by atoms with van der Waals surface area (Å²) >= 11 is 5.16. The van der Waals surface area contributed by atoms with Gasteiger partial charge in [-0.3, -0.25) is 0 Å². The van der Waals surface area contributed by atoms with Crippen LogP contribution in [0.1, 0.15) is 12.8 Å². The Hall–Kier alpha value is -0.0400. The van der Waals surface area contributed by atoms with Crippen LogP contribution >= 0.6 is 11.6 Å². The Balaban J connectivity index is 2.69. The Morgan fingerprint density at radius 3 is 2.57 bits per heavy atom. The van der Waals surface area contributed by atoms with E-state index in [0.717, 1.165) is 6.42 Å². The van der Waals surface area contributed by atoms with Gasteiger partial charge in [-0.05, 0) is 12.8 Å². The molecule has 0 bridgehead atoms. The van der Waals surface area contributed by atoms with E-state index in [-0.39, 0.29) is 0 Å². The fraction of sp³-hybridized carbons (Fsp3) is 0.400. The van der Waals surface area contributed by atoms with Crippen LogP contribution in [0.2, 0.25) is 0 Å². The van der Waals surface area contributed by atoms with Gasteiger partial charge in [0.25, 0.3) is 0 Å². The molecule has 0 nitrogen and oxygen atoms in total. The molecule has 0 atom stereocenters. The maximum absolute atomic E-state index is 11.1. The van der Waals surface area contributed by atoms with Crippen molar-refractivity contribution in [3.63, 3.8) is 0 Å². The first kappa shape index (κ1) is 6.96. The zero-order valence-corrected chi connectivity index (χ0v) is 4.66. The van der Waals surface area contributed by atoms with Gasteiger partial charge in [-0.2, -0.15) is 0 Å². The van der Waals surface area contributed by atoms with Crippen LogP contribution in [0, 0.1) is 5.88 Å². The largest absolute Gasteiger partial charge is 0.216 e. The van der Waals surface area contributed by atoms with Gasteiger partial charge >= 0.3 is 0 Å². The van der Waals surface area contributed by atoms with Gasteiger partial charge in [-0.15, -0.1) is 11.6 Å². The van der Waals surface area contributed by atoms with Crippen molar-refractivity contribution in [2.45, 2.75) is 12.8 Å². The second-order valence-corrected chi connectivity index (χ2v) is 1.40. The second-order valence-electron chi connectivity index (χ2n) is 1.09. The third-order valence-electron chi connectivity index (χ3n) is 0.532. The zero-order valence-electron chi connectivity index (χ0n) is 3.90. The fourth-order valence-electron chi connectivity index (χ4n) is 0.222. The van der Waals surface area contributed by atoms with Crippen molar-refractivity contribution in [2.75, 3.05) is 0 Å². The van der Waals surface area contributed by atoms with Crippen LogP contribution in [0.5, 0.6) is 0 Å². The van der Waals surface area contributed by atoms with E-state index >= 15 is 0 Å². The van der Waals surface area contributed by atoms with Crippen LogP contribution in [0.3, 0.4) is 0 Å². The maximum Gasteiger partial charge on any atom is 0.0827 e. The average Bonchev–Trinajstić information content (AvgIpc) is 1.69. The molecule has 0 aromatic heterocycles. The van der Waals surface area contributed by atoms with Crippen LogP contribution in [0.25, 0.3) is 0 Å². The molecule has 1 radical (unpaired) electrons. The van der Waals surface area contributed by atoms with E-state index in [9.17, 15) is 4.39 Å². The highest BCUT2D eigenvalue weighted by Crippen LogP contribution is 1.97. The van der Waals surface area contributed by atoms with Crippen LogP contribution in [0.4, 0.5) is 4.39 Å². The maximum atomic E-state index is 11.1. The first-order chi connectivity index (χ1) is 3.41. The lowest BCUT2D eigenvalue weighted by molar-refractivity contribution is 0.713. The predicted octanol–water partition coefficient (Wildman–Crippen LogP) is 2.65. The Morgan fingerprint density at radius 2 is 2.14 bits per heavy atom. The summed E-state index contributed by atoms with van der Waals surface area (Å²) in [6, 6.07) is 0. The number of rotatable bonds is 3. The number of unbranched alkanes of at least 4 members (excludes halogenated alkanes) is 1. The third-order valence-corrected chi connectivity index (χ3v) is 0.750. The SMILES string of the molecule is F/C=C/CC[CH]Cl. The van der Waals surface area contributed by atoms with Crippen LogP contribution in [-0.4, -0.2) is 0 Å². The number of allylic oxidation sites excluding steroid dienone is 1. The average molecular weight is 122 g/mol. The summed E-state index contributed by atoms with van der Waals surface area (Å²) in [7, 11) is 0. The van der Waals surface area contributed by atoms with Crippen molar-refractivity contribution < 1.29 is 4.39 Å². The van der Waals surface area contributed by atoms with Crippen LogP contribution in [0.15, 0.2) is 12.4 Å². The van der Waals surface area contributed by atoms with Crippen molar-refractivity contribution in [1.29, 1.82) is 0 Å². The van der Waals surface area contributed by atoms with Crippen molar-refractivity contribution in [2.24, 2.45) is 0 Å². The van der Waals surface area contributed by atoms with E-state index in [1.54, 1.807) is 0 Å². The number of hydrogen-bond acceptors (Lipinski definition) is 0. The monoisotopic (exact) mass is 121 g/mol. The normalized spacial score (nSPS) is 10.6. The van der Waals surface area contributed by atoms with E-state index in [4.69, 9.17) is 11.6 Å². The minimum absolute atomic E-state index is 0.528. The number of halogens is 2. The van der Waals surface area contributed by atoms with Gasteiger partial charge < -0.3 is 0 Å². The van der Waals surface area contributed by atoms with E-state index in [0.29, 0.717) is 12.8 Å². The molecule has 0 aliphatic rings. The number of hydrogen-bond donors (Lipinski definition) is 0. The standard InChI is InChI=1S/C5H7ClF/c6-4-2-1-3-5-7/h3-5H,1-2H2/b5-3+. The first-order valence-corrected chi connectivity index (χ1v) is 2.52. The molecule has 41 valence electrons. The van der Waals surface area contributed by atoms with Crippen LogP contribution < -0.4 is 0 Å². The summed E-state index contributed by atoms with van der Waals surface area (Å²) in [6.07, 6.45) is 3.39. The Bertz CT molecular complexity index is 52.0. The second kappa shape index (κ2) is 5.96. The highest BCUT2D eigenvalue weighted by molar-refractivity contribution is 6.23. The Labute approximate surface area is 48.0 Å². The quantitative estimate of drug-likeness (QED) is 0.504. The molecule has 2 heteroatoms. The molecule has 0 unspecified atom stereocenters. The van der Waals surface area contributed by atoms with E-state index < -0.39 is 0 Å². The molecule has 0 saturated carbocycles. The predicted molar refractivity (Wildman–Crippen MR) is 29.6 cm³/mol. The lowest BCUT2D eigenvalue weighted by atomic mass is 10.3. The third kappa shape index (κ3) is 5.96. The molecular weight excluding hydrogens is 115 g/mol. The minimum atomic E-state index is 0.528. The lowest BCUT2D eigenvalue weighted by Gasteiger charge is -1.80. The fourth-order valence-corrected chi connectivity index (χ4v) is 0.348. The summed E-state index contributed by atoms with van der Waals surface area (Å²) in [6.45, 7) is 0. The summed E-state index contributed by atoms with van der Waals surface area (Å²) in [5.41, 5.74) is 0. The minimum Gasteiger partial charge on any atom is -0.216 e. The van der Waals surface area contributed by atoms with Crippen molar-refractivity contribution >= 4 is 11.6 Å². The lowest BCUT2D eigenvalue weighted by Crippen LogP contribution is -1.61. The highest BCUT2D eigenvalue weighted by atomic mass is 35.5. The molecule has 0 saturated heterocycles. The highest BCUT2D eigenvalue weighted by Gasteiger charge is 1.76. The molecule has 0 spiro atoms. The molecule has 0 heterocycles. The van der Waals surface area contributed by atoms with Crippen LogP contribution in [-0.2, 0) is 0 Å². The van der Waals surface area contributed by atoms with Crippen molar-refractivity contribution in [1.82, 2.24) is 0 Å². The Morgan fingerprint density at radius 1 is 1.43 bits per heavy atom. The summed E-state index contributed by atoms with van der Waals surface area (Å²) in [5.74, 6) is 1.49. The topological polar surface area (TPSA) is 0 Å². The Kier molecular flexibility index (Phi) is 5.93. The molecule has 0 N–H and O–H groups in total. The molecule has 0 rings (SSSR count). The molecule has 0 aliphatic heterocycles. The summed E-state index contributed by atoms with van der Waals surface area (Å²) < 4.78 is 11.1. The van der Waals surface area contributed by atoms with E-state index in [1.807, 2.05) is 0 Å².